The van der Waals surface area contributed by atoms with Gasteiger partial charge in [-0.25, -0.2) is 0 Å². The van der Waals surface area contributed by atoms with E-state index in [0.29, 0.717) is 12.8 Å². The molecule has 0 radical (unpaired) electrons. The van der Waals surface area contributed by atoms with Crippen LogP contribution in [0.5, 0.6) is 0 Å². The van der Waals surface area contributed by atoms with Crippen LogP contribution in [-0.2, 0) is 6.18 Å². The Bertz CT molecular complexity index is 456. The summed E-state index contributed by atoms with van der Waals surface area (Å²) < 4.78 is 37.7. The number of alkyl halides is 3. The van der Waals surface area contributed by atoms with E-state index in [1.165, 1.54) is 0 Å². The quantitative estimate of drug-likeness (QED) is 0.874. The smallest absolute Gasteiger partial charge is 0.390 e. The highest BCUT2D eigenvalue weighted by Gasteiger charge is 2.39. The number of hydrogen-bond donors (Lipinski definition) is 2. The zero-order valence-corrected chi connectivity index (χ0v) is 10.2. The summed E-state index contributed by atoms with van der Waals surface area (Å²) >= 11 is 5.35. The molecule has 1 aromatic heterocycles. The maximum Gasteiger partial charge on any atom is 0.419 e. The molecule has 2 rings (SSSR count). The molecule has 1 heterocycles. The SMILES string of the molecule is CC1(O)CC(Nc2cc(C(F)(F)F)c(Cl)nn2)C1. The second-order valence-electron chi connectivity index (χ2n) is 4.68. The summed E-state index contributed by atoms with van der Waals surface area (Å²) in [5.74, 6) is 0.00669. The van der Waals surface area contributed by atoms with Gasteiger partial charge in [-0.3, -0.25) is 0 Å². The molecular weight excluding hydrogens is 271 g/mol. The molecule has 2 N–H and O–H groups in total. The number of anilines is 1. The molecule has 18 heavy (non-hydrogen) atoms. The Morgan fingerprint density at radius 2 is 2.06 bits per heavy atom. The highest BCUT2D eigenvalue weighted by molar-refractivity contribution is 6.30. The predicted octanol–water partition coefficient (Wildman–Crippen LogP) is 2.47. The molecule has 0 saturated heterocycles. The van der Waals surface area contributed by atoms with E-state index in [1.807, 2.05) is 0 Å². The van der Waals surface area contributed by atoms with Gasteiger partial charge in [0, 0.05) is 6.04 Å². The standard InChI is InChI=1S/C10H11ClF3N3O/c1-9(18)3-5(4-9)15-7-2-6(10(12,13)14)8(11)17-16-7/h2,5,18H,3-4H2,1H3,(H,15,16). The molecule has 0 aromatic carbocycles. The van der Waals surface area contributed by atoms with Gasteiger partial charge in [0.2, 0.25) is 0 Å². The number of aliphatic hydroxyl groups is 1. The van der Waals surface area contributed by atoms with Crippen molar-refractivity contribution >= 4 is 17.4 Å². The van der Waals surface area contributed by atoms with Gasteiger partial charge in [0.15, 0.2) is 5.15 Å². The van der Waals surface area contributed by atoms with Crippen molar-refractivity contribution in [2.24, 2.45) is 0 Å². The fourth-order valence-corrected chi connectivity index (χ4v) is 2.16. The summed E-state index contributed by atoms with van der Waals surface area (Å²) in [4.78, 5) is 0. The molecule has 0 bridgehead atoms. The van der Waals surface area contributed by atoms with E-state index in [0.717, 1.165) is 6.07 Å². The van der Waals surface area contributed by atoms with Crippen LogP contribution in [-0.4, -0.2) is 26.9 Å². The van der Waals surface area contributed by atoms with Crippen molar-refractivity contribution in [3.63, 3.8) is 0 Å². The van der Waals surface area contributed by atoms with Crippen molar-refractivity contribution in [2.75, 3.05) is 5.32 Å². The monoisotopic (exact) mass is 281 g/mol. The predicted molar refractivity (Wildman–Crippen MR) is 59.3 cm³/mol. The van der Waals surface area contributed by atoms with Crippen molar-refractivity contribution in [1.82, 2.24) is 10.2 Å². The first kappa shape index (κ1) is 13.4. The number of rotatable bonds is 2. The first-order valence-corrected chi connectivity index (χ1v) is 5.64. The third-order valence-corrected chi connectivity index (χ3v) is 3.06. The van der Waals surface area contributed by atoms with Crippen LogP contribution in [0.25, 0.3) is 0 Å². The van der Waals surface area contributed by atoms with E-state index in [9.17, 15) is 18.3 Å². The highest BCUT2D eigenvalue weighted by atomic mass is 35.5. The first-order chi connectivity index (χ1) is 8.17. The minimum Gasteiger partial charge on any atom is -0.390 e. The van der Waals surface area contributed by atoms with Gasteiger partial charge in [-0.15, -0.1) is 10.2 Å². The van der Waals surface area contributed by atoms with Crippen LogP contribution >= 0.6 is 11.6 Å². The second kappa shape index (κ2) is 4.24. The van der Waals surface area contributed by atoms with Gasteiger partial charge in [-0.05, 0) is 25.8 Å². The molecule has 1 aromatic rings. The molecule has 0 spiro atoms. The molecule has 0 unspecified atom stereocenters. The van der Waals surface area contributed by atoms with Gasteiger partial charge in [-0.1, -0.05) is 11.6 Å². The summed E-state index contributed by atoms with van der Waals surface area (Å²) in [6, 6.07) is 0.721. The zero-order valence-electron chi connectivity index (χ0n) is 9.42. The van der Waals surface area contributed by atoms with E-state index >= 15 is 0 Å². The van der Waals surface area contributed by atoms with Crippen molar-refractivity contribution in [1.29, 1.82) is 0 Å². The van der Waals surface area contributed by atoms with Crippen LogP contribution in [0.2, 0.25) is 5.15 Å². The lowest BCUT2D eigenvalue weighted by Crippen LogP contribution is -2.48. The summed E-state index contributed by atoms with van der Waals surface area (Å²) in [6.07, 6.45) is -3.65. The summed E-state index contributed by atoms with van der Waals surface area (Å²) in [5, 5.41) is 18.4. The summed E-state index contributed by atoms with van der Waals surface area (Å²) in [5.41, 5.74) is -1.78. The van der Waals surface area contributed by atoms with E-state index in [4.69, 9.17) is 11.6 Å². The summed E-state index contributed by atoms with van der Waals surface area (Å²) in [6.45, 7) is 1.67. The van der Waals surface area contributed by atoms with E-state index in [-0.39, 0.29) is 11.9 Å². The van der Waals surface area contributed by atoms with Crippen molar-refractivity contribution in [3.8, 4) is 0 Å². The number of nitrogens with zero attached hydrogens (tertiary/aromatic N) is 2. The largest absolute Gasteiger partial charge is 0.419 e. The van der Waals surface area contributed by atoms with E-state index in [1.54, 1.807) is 6.92 Å². The average molecular weight is 282 g/mol. The molecule has 1 aliphatic rings. The van der Waals surface area contributed by atoms with Crippen LogP contribution in [0.3, 0.4) is 0 Å². The Morgan fingerprint density at radius 1 is 1.44 bits per heavy atom. The molecule has 1 aliphatic carbocycles. The van der Waals surface area contributed by atoms with Gasteiger partial charge in [0.1, 0.15) is 5.82 Å². The maximum absolute atomic E-state index is 12.6. The summed E-state index contributed by atoms with van der Waals surface area (Å²) in [7, 11) is 0. The highest BCUT2D eigenvalue weighted by Crippen LogP contribution is 2.36. The Morgan fingerprint density at radius 3 is 2.56 bits per heavy atom. The second-order valence-corrected chi connectivity index (χ2v) is 5.04. The minimum atomic E-state index is -4.56. The number of halogens is 4. The number of aromatic nitrogens is 2. The van der Waals surface area contributed by atoms with Gasteiger partial charge < -0.3 is 10.4 Å². The maximum atomic E-state index is 12.6. The third kappa shape index (κ3) is 2.84. The molecule has 0 amide bonds. The van der Waals surface area contributed by atoms with Crippen LogP contribution in [0, 0.1) is 0 Å². The Kier molecular flexibility index (Phi) is 3.14. The van der Waals surface area contributed by atoms with Gasteiger partial charge in [0.05, 0.1) is 11.2 Å². The fraction of sp³-hybridized carbons (Fsp3) is 0.600. The average Bonchev–Trinajstić information content (AvgIpc) is 2.16. The lowest BCUT2D eigenvalue weighted by Gasteiger charge is -2.41. The van der Waals surface area contributed by atoms with Crippen LogP contribution in [0.15, 0.2) is 6.07 Å². The molecule has 8 heteroatoms. The van der Waals surface area contributed by atoms with Crippen molar-refractivity contribution in [2.45, 2.75) is 37.6 Å². The van der Waals surface area contributed by atoms with Crippen molar-refractivity contribution in [3.05, 3.63) is 16.8 Å². The van der Waals surface area contributed by atoms with Crippen LogP contribution < -0.4 is 5.32 Å². The topological polar surface area (TPSA) is 58.0 Å². The molecule has 1 fully saturated rings. The Hall–Kier alpha value is -1.08. The lowest BCUT2D eigenvalue weighted by atomic mass is 9.77. The molecular formula is C10H11ClF3N3O. The minimum absolute atomic E-state index is 0.00669. The number of nitrogens with one attached hydrogen (secondary N) is 1. The molecule has 4 nitrogen and oxygen atoms in total. The molecule has 0 atom stereocenters. The van der Waals surface area contributed by atoms with Crippen LogP contribution in [0.4, 0.5) is 19.0 Å². The molecule has 100 valence electrons. The fourth-order valence-electron chi connectivity index (χ4n) is 1.96. The van der Waals surface area contributed by atoms with Crippen LogP contribution in [0.1, 0.15) is 25.3 Å². The number of hydrogen-bond acceptors (Lipinski definition) is 4. The zero-order chi connectivity index (χ0) is 13.6. The third-order valence-electron chi connectivity index (χ3n) is 2.78. The lowest BCUT2D eigenvalue weighted by molar-refractivity contribution is -0.137. The normalized spacial score (nSPS) is 27.8. The van der Waals surface area contributed by atoms with Gasteiger partial charge in [-0.2, -0.15) is 13.2 Å². The van der Waals surface area contributed by atoms with Gasteiger partial charge >= 0.3 is 6.18 Å². The Labute approximate surface area is 106 Å². The van der Waals surface area contributed by atoms with E-state index < -0.39 is 22.5 Å². The first-order valence-electron chi connectivity index (χ1n) is 5.27. The Balaban J connectivity index is 2.11. The van der Waals surface area contributed by atoms with E-state index in [2.05, 4.69) is 15.5 Å². The van der Waals surface area contributed by atoms with Crippen molar-refractivity contribution < 1.29 is 18.3 Å². The molecule has 0 aliphatic heterocycles. The van der Waals surface area contributed by atoms with Gasteiger partial charge in [0.25, 0.3) is 0 Å². The molecule has 1 saturated carbocycles.